The highest BCUT2D eigenvalue weighted by molar-refractivity contribution is 9.10. The molecule has 22 heavy (non-hydrogen) atoms. The van der Waals surface area contributed by atoms with E-state index in [0.29, 0.717) is 4.47 Å². The van der Waals surface area contributed by atoms with E-state index < -0.39 is 40.0 Å². The zero-order valence-electron chi connectivity index (χ0n) is 12.7. The molecule has 0 spiro atoms. The molecular weight excluding hydrogens is 383 g/mol. The third kappa shape index (κ3) is 3.97. The third-order valence-corrected chi connectivity index (χ3v) is 5.45. The van der Waals surface area contributed by atoms with Crippen LogP contribution >= 0.6 is 15.9 Å². The van der Waals surface area contributed by atoms with Crippen LogP contribution in [0, 0.1) is 5.82 Å². The molecule has 8 heteroatoms. The minimum atomic E-state index is -3.73. The average molecular weight is 402 g/mol. The summed E-state index contributed by atoms with van der Waals surface area (Å²) in [5.41, 5.74) is -2.72. The lowest BCUT2D eigenvalue weighted by atomic mass is 9.86. The number of benzene rings is 1. The third-order valence-electron chi connectivity index (χ3n) is 3.25. The fraction of sp³-hybridized carbons (Fsp3) is 0.571. The molecule has 1 rings (SSSR count). The maximum Gasteiger partial charge on any atom is 0.296 e. The number of rotatable bonds is 5. The van der Waals surface area contributed by atoms with E-state index >= 15 is 0 Å². The van der Waals surface area contributed by atoms with Crippen LogP contribution in [0.1, 0.15) is 33.3 Å². The van der Waals surface area contributed by atoms with Crippen LogP contribution < -0.4 is 4.72 Å². The van der Waals surface area contributed by atoms with Crippen molar-refractivity contribution in [1.82, 2.24) is 4.72 Å². The van der Waals surface area contributed by atoms with Gasteiger partial charge in [-0.3, -0.25) is 0 Å². The van der Waals surface area contributed by atoms with Crippen molar-refractivity contribution in [1.29, 1.82) is 0 Å². The Balaban J connectivity index is 3.44. The highest BCUT2D eigenvalue weighted by atomic mass is 79.9. The van der Waals surface area contributed by atoms with Crippen LogP contribution in [0.4, 0.5) is 13.2 Å². The molecule has 1 aromatic carbocycles. The zero-order chi connectivity index (χ0) is 17.3. The lowest BCUT2D eigenvalue weighted by molar-refractivity contribution is -0.115. The Bertz CT molecular complexity index is 539. The van der Waals surface area contributed by atoms with Crippen LogP contribution in [0.3, 0.4) is 0 Å². The summed E-state index contributed by atoms with van der Waals surface area (Å²) in [4.78, 5) is 0. The molecule has 3 nitrogen and oxygen atoms in total. The van der Waals surface area contributed by atoms with Gasteiger partial charge in [0.1, 0.15) is 17.2 Å². The molecule has 0 aliphatic carbocycles. The van der Waals surface area contributed by atoms with Crippen molar-refractivity contribution >= 4 is 27.3 Å². The van der Waals surface area contributed by atoms with Crippen molar-refractivity contribution < 1.29 is 22.8 Å². The van der Waals surface area contributed by atoms with E-state index in [1.165, 1.54) is 12.1 Å². The number of halogens is 4. The molecule has 0 unspecified atom stereocenters. The van der Waals surface area contributed by atoms with Gasteiger partial charge in [-0.2, -0.15) is 0 Å². The van der Waals surface area contributed by atoms with Crippen LogP contribution in [-0.2, 0) is 16.9 Å². The SMILES string of the molecule is CC(C)(C)[S@@+]([O-])N[C@](C)(c1cc(Br)ccc1F)C(F)(F)CO. The highest BCUT2D eigenvalue weighted by Crippen LogP contribution is 2.40. The maximum absolute atomic E-state index is 14.3. The smallest absolute Gasteiger partial charge is 0.296 e. The van der Waals surface area contributed by atoms with Crippen molar-refractivity contribution in [2.45, 2.75) is 43.9 Å². The van der Waals surface area contributed by atoms with Crippen LogP contribution in [0.2, 0.25) is 0 Å². The molecule has 2 N–H and O–H groups in total. The van der Waals surface area contributed by atoms with Crippen molar-refractivity contribution in [3.05, 3.63) is 34.1 Å². The maximum atomic E-state index is 14.3. The average Bonchev–Trinajstić information content (AvgIpc) is 2.39. The van der Waals surface area contributed by atoms with Gasteiger partial charge in [-0.1, -0.05) is 15.9 Å². The van der Waals surface area contributed by atoms with Gasteiger partial charge < -0.3 is 9.66 Å². The Kier molecular flexibility index (Phi) is 6.01. The monoisotopic (exact) mass is 401 g/mol. The number of alkyl halides is 2. The van der Waals surface area contributed by atoms with Gasteiger partial charge in [-0.05, 0) is 45.9 Å². The van der Waals surface area contributed by atoms with Gasteiger partial charge in [-0.15, -0.1) is 4.72 Å². The molecule has 2 atom stereocenters. The van der Waals surface area contributed by atoms with E-state index in [0.717, 1.165) is 13.0 Å². The second kappa shape index (κ2) is 6.68. The van der Waals surface area contributed by atoms with E-state index in [-0.39, 0.29) is 5.56 Å². The Labute approximate surface area is 139 Å². The van der Waals surface area contributed by atoms with Crippen molar-refractivity contribution in [2.24, 2.45) is 0 Å². The van der Waals surface area contributed by atoms with E-state index in [2.05, 4.69) is 20.7 Å². The lowest BCUT2D eigenvalue weighted by Crippen LogP contribution is -2.60. The molecule has 0 saturated carbocycles. The van der Waals surface area contributed by atoms with E-state index in [4.69, 9.17) is 5.11 Å². The first kappa shape index (κ1) is 19.8. The zero-order valence-corrected chi connectivity index (χ0v) is 15.1. The van der Waals surface area contributed by atoms with Gasteiger partial charge in [0.2, 0.25) is 0 Å². The highest BCUT2D eigenvalue weighted by Gasteiger charge is 2.56. The summed E-state index contributed by atoms with van der Waals surface area (Å²) in [7, 11) is 0. The Morgan fingerprint density at radius 3 is 2.27 bits per heavy atom. The molecule has 0 amide bonds. The Hall–Kier alpha value is -0.280. The fourth-order valence-electron chi connectivity index (χ4n) is 1.70. The summed E-state index contributed by atoms with van der Waals surface area (Å²) in [6, 6.07) is 3.59. The van der Waals surface area contributed by atoms with Crippen LogP contribution in [0.15, 0.2) is 22.7 Å². The van der Waals surface area contributed by atoms with Gasteiger partial charge in [0.15, 0.2) is 5.54 Å². The summed E-state index contributed by atoms with van der Waals surface area (Å²) in [6.07, 6.45) is 0. The summed E-state index contributed by atoms with van der Waals surface area (Å²) in [6.45, 7) is 4.32. The van der Waals surface area contributed by atoms with Crippen molar-refractivity contribution in [2.75, 3.05) is 6.61 Å². The van der Waals surface area contributed by atoms with E-state index in [1.54, 1.807) is 20.8 Å². The van der Waals surface area contributed by atoms with Crippen LogP contribution in [0.5, 0.6) is 0 Å². The van der Waals surface area contributed by atoms with E-state index in [1.807, 2.05) is 0 Å². The Morgan fingerprint density at radius 2 is 1.82 bits per heavy atom. The minimum absolute atomic E-state index is 0.376. The molecule has 0 aliphatic heterocycles. The second-order valence-corrected chi connectivity index (χ2v) is 8.98. The second-order valence-electron chi connectivity index (χ2n) is 6.09. The number of hydrogen-bond acceptors (Lipinski definition) is 3. The predicted octanol–water partition coefficient (Wildman–Crippen LogP) is 3.48. The minimum Gasteiger partial charge on any atom is -0.598 e. The van der Waals surface area contributed by atoms with Gasteiger partial charge in [0.25, 0.3) is 5.92 Å². The standard InChI is InChI=1S/C14H19BrF3NO2S/c1-12(2,3)22(21)19-13(4,14(17,18)8-20)10-7-9(15)5-6-11(10)16/h5-7,19-20H,8H2,1-4H3/t13-,22-/m1/s1. The predicted molar refractivity (Wildman–Crippen MR) is 84.5 cm³/mol. The Morgan fingerprint density at radius 1 is 1.27 bits per heavy atom. The van der Waals surface area contributed by atoms with Gasteiger partial charge >= 0.3 is 0 Å². The van der Waals surface area contributed by atoms with Gasteiger partial charge in [-0.25, -0.2) is 13.2 Å². The molecule has 0 fully saturated rings. The van der Waals surface area contributed by atoms with Crippen molar-refractivity contribution in [3.63, 3.8) is 0 Å². The first-order valence-corrected chi connectivity index (χ1v) is 8.43. The number of nitrogens with one attached hydrogen (secondary N) is 1. The van der Waals surface area contributed by atoms with Crippen molar-refractivity contribution in [3.8, 4) is 0 Å². The molecule has 126 valence electrons. The molecule has 0 bridgehead atoms. The number of aliphatic hydroxyl groups excluding tert-OH is 1. The lowest BCUT2D eigenvalue weighted by Gasteiger charge is -2.39. The summed E-state index contributed by atoms with van der Waals surface area (Å²) in [5, 5.41) is 9.04. The van der Waals surface area contributed by atoms with Crippen LogP contribution in [0.25, 0.3) is 0 Å². The quantitative estimate of drug-likeness (QED) is 0.742. The van der Waals surface area contributed by atoms with Crippen LogP contribution in [-0.4, -0.2) is 26.9 Å². The normalized spacial score (nSPS) is 17.2. The molecule has 0 saturated heterocycles. The number of aliphatic hydroxyl groups is 1. The summed E-state index contributed by atoms with van der Waals surface area (Å²) < 4.78 is 56.9. The number of hydrogen-bond donors (Lipinski definition) is 2. The molecule has 0 aliphatic rings. The first-order chi connectivity index (χ1) is 9.85. The van der Waals surface area contributed by atoms with E-state index in [9.17, 15) is 17.7 Å². The summed E-state index contributed by atoms with van der Waals surface area (Å²) in [5.74, 6) is -4.60. The fourth-order valence-corrected chi connectivity index (χ4v) is 3.00. The van der Waals surface area contributed by atoms with Gasteiger partial charge in [0.05, 0.1) is 0 Å². The molecule has 0 aromatic heterocycles. The first-order valence-electron chi connectivity index (χ1n) is 6.49. The topological polar surface area (TPSA) is 55.3 Å². The molecule has 0 radical (unpaired) electrons. The molecule has 1 aromatic rings. The molecule has 0 heterocycles. The van der Waals surface area contributed by atoms with Gasteiger partial charge in [0, 0.05) is 21.4 Å². The molecular formula is C14H19BrF3NO2S. The largest absolute Gasteiger partial charge is 0.598 e. The summed E-state index contributed by atoms with van der Waals surface area (Å²) >= 11 is 1.21.